The van der Waals surface area contributed by atoms with Crippen molar-refractivity contribution in [2.24, 2.45) is 0 Å². The van der Waals surface area contributed by atoms with Crippen molar-refractivity contribution in [3.8, 4) is 0 Å². The fourth-order valence-electron chi connectivity index (χ4n) is 4.85. The summed E-state index contributed by atoms with van der Waals surface area (Å²) in [5.41, 5.74) is 0. The van der Waals surface area contributed by atoms with E-state index in [1.165, 1.54) is 0 Å². The van der Waals surface area contributed by atoms with Crippen LogP contribution in [0, 0.1) is 0 Å². The Morgan fingerprint density at radius 1 is 0.475 bits per heavy atom. The van der Waals surface area contributed by atoms with Crippen molar-refractivity contribution in [2.75, 3.05) is 206 Å². The van der Waals surface area contributed by atoms with E-state index in [1.807, 2.05) is 7.05 Å². The molecule has 0 aromatic carbocycles. The zero-order valence-corrected chi connectivity index (χ0v) is 36.4. The van der Waals surface area contributed by atoms with Crippen LogP contribution in [-0.4, -0.2) is 228 Å². The molecule has 1 atom stereocenters. The van der Waals surface area contributed by atoms with Gasteiger partial charge in [-0.15, -0.1) is 0 Å². The Kier molecular flexibility index (Phi) is 39.2. The van der Waals surface area contributed by atoms with E-state index in [9.17, 15) is 4.79 Å². The summed E-state index contributed by atoms with van der Waals surface area (Å²) < 4.78 is 88.5. The van der Waals surface area contributed by atoms with Gasteiger partial charge in [-0.05, 0) is 6.92 Å². The minimum absolute atomic E-state index is 0.00111. The summed E-state index contributed by atoms with van der Waals surface area (Å²) in [7, 11) is 5.29. The van der Waals surface area contributed by atoms with Crippen LogP contribution in [0.1, 0.15) is 19.8 Å². The predicted octanol–water partition coefficient (Wildman–Crippen LogP) is 1.72. The topological polar surface area (TPSA) is 171 Å². The zero-order valence-electron chi connectivity index (χ0n) is 36.4. The zero-order chi connectivity index (χ0) is 42.7. The highest BCUT2D eigenvalue weighted by molar-refractivity contribution is 5.81. The summed E-state index contributed by atoms with van der Waals surface area (Å²) in [4.78, 5) is 15.2. The van der Waals surface area contributed by atoms with Crippen LogP contribution in [0.25, 0.3) is 0 Å². The van der Waals surface area contributed by atoms with Crippen LogP contribution in [0.5, 0.6) is 0 Å². The Balaban J connectivity index is 2.32. The van der Waals surface area contributed by atoms with Gasteiger partial charge in [-0.2, -0.15) is 0 Å². The lowest BCUT2D eigenvalue weighted by atomic mass is 10.4. The number of nitrogens with zero attached hydrogens (tertiary/aromatic N) is 2. The van der Waals surface area contributed by atoms with Gasteiger partial charge in [-0.1, -0.05) is 6.58 Å². The molecular weight excluding hydrogens is 780 g/mol. The standard InChI is InChI=1S/C40H76N2O17/c1-6-38(43)57-36-35-56-34-33-55-32-31-54-30-29-53-24-21-48-14-9-42-37(2)41(3)39(58-12-7-10-46-19-22-51-27-25-49-17-15-44-4)40(42)59-13-8-11-47-20-23-52-28-26-50-18-16-45-5/h6,37H,1,7-36H2,2-5H3. The van der Waals surface area contributed by atoms with Gasteiger partial charge >= 0.3 is 5.97 Å². The second kappa shape index (κ2) is 42.3. The Hall–Kier alpha value is -2.37. The van der Waals surface area contributed by atoms with E-state index in [4.69, 9.17) is 75.8 Å². The van der Waals surface area contributed by atoms with Crippen molar-refractivity contribution in [1.82, 2.24) is 9.80 Å². The molecule has 1 aliphatic heterocycles. The minimum atomic E-state index is -0.466. The van der Waals surface area contributed by atoms with Crippen LogP contribution >= 0.6 is 0 Å². The molecule has 1 heterocycles. The van der Waals surface area contributed by atoms with Gasteiger partial charge in [0, 0.05) is 59.9 Å². The average molecular weight is 857 g/mol. The summed E-state index contributed by atoms with van der Waals surface area (Å²) >= 11 is 0. The number of ether oxygens (including phenoxy) is 16. The van der Waals surface area contributed by atoms with Gasteiger partial charge in [0.05, 0.1) is 159 Å². The number of hydrogen-bond acceptors (Lipinski definition) is 19. The second-order valence-electron chi connectivity index (χ2n) is 12.5. The van der Waals surface area contributed by atoms with E-state index in [-0.39, 0.29) is 12.8 Å². The number of rotatable bonds is 47. The van der Waals surface area contributed by atoms with E-state index in [1.54, 1.807) is 14.2 Å². The normalized spacial score (nSPS) is 14.1. The Bertz CT molecular complexity index is 983. The van der Waals surface area contributed by atoms with Crippen LogP contribution in [0.15, 0.2) is 24.4 Å². The molecule has 1 rings (SSSR count). The monoisotopic (exact) mass is 857 g/mol. The highest BCUT2D eigenvalue weighted by Gasteiger charge is 2.36. The number of methoxy groups -OCH3 is 2. The minimum Gasteiger partial charge on any atom is -0.475 e. The fourth-order valence-corrected chi connectivity index (χ4v) is 4.85. The van der Waals surface area contributed by atoms with E-state index in [0.717, 1.165) is 6.08 Å². The Labute approximate surface area is 352 Å². The van der Waals surface area contributed by atoms with Crippen LogP contribution in [0.2, 0.25) is 0 Å². The van der Waals surface area contributed by atoms with E-state index in [2.05, 4.69) is 23.3 Å². The summed E-state index contributed by atoms with van der Waals surface area (Å²) in [6.45, 7) is 19.0. The van der Waals surface area contributed by atoms with Gasteiger partial charge in [0.25, 0.3) is 11.8 Å². The Morgan fingerprint density at radius 3 is 1.17 bits per heavy atom. The molecule has 0 saturated heterocycles. The highest BCUT2D eigenvalue weighted by Crippen LogP contribution is 2.29. The molecule has 0 saturated carbocycles. The first-order chi connectivity index (χ1) is 29.1. The molecule has 348 valence electrons. The molecule has 1 aliphatic rings. The molecule has 0 radical (unpaired) electrons. The first kappa shape index (κ1) is 54.6. The first-order valence-electron chi connectivity index (χ1n) is 20.7. The lowest BCUT2D eigenvalue weighted by molar-refractivity contribution is -0.139. The largest absolute Gasteiger partial charge is 0.475 e. The van der Waals surface area contributed by atoms with Crippen molar-refractivity contribution in [3.05, 3.63) is 24.4 Å². The van der Waals surface area contributed by atoms with Crippen LogP contribution in [0.4, 0.5) is 0 Å². The molecule has 1 unspecified atom stereocenters. The molecule has 0 fully saturated rings. The molecule has 0 aromatic rings. The molecule has 0 aliphatic carbocycles. The van der Waals surface area contributed by atoms with Gasteiger partial charge < -0.3 is 85.6 Å². The smallest absolute Gasteiger partial charge is 0.330 e. The molecule has 0 spiro atoms. The maximum Gasteiger partial charge on any atom is 0.330 e. The highest BCUT2D eigenvalue weighted by atomic mass is 16.6. The predicted molar refractivity (Wildman–Crippen MR) is 216 cm³/mol. The van der Waals surface area contributed by atoms with Crippen molar-refractivity contribution >= 4 is 5.97 Å². The third-order valence-electron chi connectivity index (χ3n) is 8.07. The maximum absolute atomic E-state index is 10.9. The molecular formula is C40H76N2O17. The Morgan fingerprint density at radius 2 is 0.797 bits per heavy atom. The van der Waals surface area contributed by atoms with Crippen LogP contribution in [-0.2, 0) is 80.6 Å². The van der Waals surface area contributed by atoms with Crippen molar-refractivity contribution in [2.45, 2.75) is 25.9 Å². The molecule has 0 N–H and O–H groups in total. The molecule has 19 nitrogen and oxygen atoms in total. The molecule has 0 aromatic heterocycles. The van der Waals surface area contributed by atoms with Gasteiger partial charge in [0.2, 0.25) is 0 Å². The third kappa shape index (κ3) is 32.1. The lowest BCUT2D eigenvalue weighted by Gasteiger charge is -2.28. The number of esters is 1. The van der Waals surface area contributed by atoms with E-state index < -0.39 is 5.97 Å². The second-order valence-corrected chi connectivity index (χ2v) is 12.5. The molecule has 19 heteroatoms. The number of carbonyl (C=O) groups is 1. The van der Waals surface area contributed by atoms with Crippen molar-refractivity contribution < 1.29 is 80.6 Å². The van der Waals surface area contributed by atoms with E-state index >= 15 is 0 Å². The number of hydrogen-bond donors (Lipinski definition) is 0. The molecule has 59 heavy (non-hydrogen) atoms. The first-order valence-corrected chi connectivity index (χ1v) is 20.7. The van der Waals surface area contributed by atoms with Gasteiger partial charge in [-0.3, -0.25) is 0 Å². The quantitative estimate of drug-likeness (QED) is 0.0492. The van der Waals surface area contributed by atoms with Crippen molar-refractivity contribution in [3.63, 3.8) is 0 Å². The number of carbonyl (C=O) groups excluding carboxylic acids is 1. The SMILES string of the molecule is C=CC(=O)OCCOCCOCCOCCOCCOCCN1C(OCCCOCCOCCOCCOC)=C(OCCCOCCOCCOCCOC)N(C)C1C. The fraction of sp³-hybridized carbons (Fsp3) is 0.875. The maximum atomic E-state index is 10.9. The summed E-state index contributed by atoms with van der Waals surface area (Å²) in [6.07, 6.45) is 2.53. The average Bonchev–Trinajstić information content (AvgIpc) is 3.46. The molecule has 0 amide bonds. The van der Waals surface area contributed by atoms with Gasteiger partial charge in [0.15, 0.2) is 0 Å². The summed E-state index contributed by atoms with van der Waals surface area (Å²) in [6, 6.07) is 0. The van der Waals surface area contributed by atoms with Gasteiger partial charge in [-0.25, -0.2) is 4.79 Å². The van der Waals surface area contributed by atoms with Gasteiger partial charge in [0.1, 0.15) is 12.8 Å². The lowest BCUT2D eigenvalue weighted by Crippen LogP contribution is -2.38. The summed E-state index contributed by atoms with van der Waals surface area (Å²) in [5.74, 6) is 0.896. The van der Waals surface area contributed by atoms with Crippen LogP contribution in [0.3, 0.4) is 0 Å². The molecule has 0 bridgehead atoms. The third-order valence-corrected chi connectivity index (χ3v) is 8.07. The van der Waals surface area contributed by atoms with Crippen LogP contribution < -0.4 is 0 Å². The van der Waals surface area contributed by atoms with E-state index in [0.29, 0.717) is 203 Å². The van der Waals surface area contributed by atoms with Crippen molar-refractivity contribution in [1.29, 1.82) is 0 Å². The summed E-state index contributed by atoms with van der Waals surface area (Å²) in [5, 5.41) is 0.